The Labute approximate surface area is 77.4 Å². The summed E-state index contributed by atoms with van der Waals surface area (Å²) in [7, 11) is 1.77. The Balaban J connectivity index is 2.71. The molecule has 0 spiro atoms. The molecule has 0 radical (unpaired) electrons. The molecule has 0 aromatic carbocycles. The van der Waals surface area contributed by atoms with E-state index in [-0.39, 0.29) is 19.3 Å². The highest BCUT2D eigenvalue weighted by Crippen LogP contribution is 2.18. The minimum atomic E-state index is -0.300. The first-order chi connectivity index (χ1) is 6.19. The summed E-state index contributed by atoms with van der Waals surface area (Å²) in [5, 5.41) is 17.8. The molecule has 1 heterocycles. The maximum absolute atomic E-state index is 8.92. The van der Waals surface area contributed by atoms with Gasteiger partial charge in [-0.3, -0.25) is 0 Å². The molecule has 13 heavy (non-hydrogen) atoms. The van der Waals surface area contributed by atoms with E-state index in [9.17, 15) is 0 Å². The molecule has 0 aliphatic carbocycles. The van der Waals surface area contributed by atoms with E-state index >= 15 is 0 Å². The largest absolute Gasteiger partial charge is 0.446 e. The SMILES string of the molecule is Cc1ccc(N(C)C(CO)CO)o1. The summed E-state index contributed by atoms with van der Waals surface area (Å²) in [6, 6.07) is 3.36. The summed E-state index contributed by atoms with van der Waals surface area (Å²) >= 11 is 0. The molecule has 4 nitrogen and oxygen atoms in total. The molecule has 0 amide bonds. The molecule has 0 fully saturated rings. The topological polar surface area (TPSA) is 56.8 Å². The minimum Gasteiger partial charge on any atom is -0.446 e. The smallest absolute Gasteiger partial charge is 0.195 e. The van der Waals surface area contributed by atoms with Gasteiger partial charge < -0.3 is 19.5 Å². The average Bonchev–Trinajstić information content (AvgIpc) is 2.54. The molecule has 0 atom stereocenters. The van der Waals surface area contributed by atoms with Crippen LogP contribution >= 0.6 is 0 Å². The van der Waals surface area contributed by atoms with Gasteiger partial charge in [-0.25, -0.2) is 0 Å². The van der Waals surface area contributed by atoms with Gasteiger partial charge in [-0.1, -0.05) is 0 Å². The van der Waals surface area contributed by atoms with Crippen molar-refractivity contribution in [1.29, 1.82) is 0 Å². The van der Waals surface area contributed by atoms with Gasteiger partial charge in [0.25, 0.3) is 0 Å². The van der Waals surface area contributed by atoms with Gasteiger partial charge in [0.2, 0.25) is 0 Å². The van der Waals surface area contributed by atoms with E-state index in [1.54, 1.807) is 11.9 Å². The highest BCUT2D eigenvalue weighted by molar-refractivity contribution is 5.36. The van der Waals surface area contributed by atoms with Gasteiger partial charge in [-0.2, -0.15) is 0 Å². The van der Waals surface area contributed by atoms with Gasteiger partial charge in [0.1, 0.15) is 5.76 Å². The second-order valence-electron chi connectivity index (χ2n) is 3.01. The minimum absolute atomic E-state index is 0.0905. The van der Waals surface area contributed by atoms with Crippen molar-refractivity contribution in [2.24, 2.45) is 0 Å². The predicted molar refractivity (Wildman–Crippen MR) is 49.8 cm³/mol. The zero-order valence-corrected chi connectivity index (χ0v) is 7.90. The first-order valence-corrected chi connectivity index (χ1v) is 4.20. The van der Waals surface area contributed by atoms with E-state index in [1.165, 1.54) is 0 Å². The Morgan fingerprint density at radius 2 is 2.00 bits per heavy atom. The van der Waals surface area contributed by atoms with Gasteiger partial charge in [-0.15, -0.1) is 0 Å². The van der Waals surface area contributed by atoms with Crippen LogP contribution < -0.4 is 4.90 Å². The van der Waals surface area contributed by atoms with Crippen LogP contribution in [0.25, 0.3) is 0 Å². The number of nitrogens with zero attached hydrogens (tertiary/aromatic N) is 1. The van der Waals surface area contributed by atoms with Crippen molar-refractivity contribution in [2.75, 3.05) is 25.2 Å². The van der Waals surface area contributed by atoms with Crippen molar-refractivity contribution in [1.82, 2.24) is 0 Å². The maximum Gasteiger partial charge on any atom is 0.195 e. The lowest BCUT2D eigenvalue weighted by atomic mass is 10.3. The Kier molecular flexibility index (Phi) is 3.33. The lowest BCUT2D eigenvalue weighted by Gasteiger charge is -2.23. The number of hydrogen-bond acceptors (Lipinski definition) is 4. The number of likely N-dealkylation sites (N-methyl/N-ethyl adjacent to an activating group) is 1. The van der Waals surface area contributed by atoms with Gasteiger partial charge in [-0.05, 0) is 13.0 Å². The summed E-state index contributed by atoms with van der Waals surface area (Å²) in [4.78, 5) is 1.72. The van der Waals surface area contributed by atoms with E-state index in [0.717, 1.165) is 5.76 Å². The van der Waals surface area contributed by atoms with Crippen molar-refractivity contribution < 1.29 is 14.6 Å². The fraction of sp³-hybridized carbons (Fsp3) is 0.556. The van der Waals surface area contributed by atoms with E-state index in [4.69, 9.17) is 14.6 Å². The van der Waals surface area contributed by atoms with Crippen LogP contribution in [0.1, 0.15) is 5.76 Å². The molecule has 0 saturated heterocycles. The van der Waals surface area contributed by atoms with Crippen LogP contribution in [0.15, 0.2) is 16.5 Å². The van der Waals surface area contributed by atoms with E-state index in [1.807, 2.05) is 19.1 Å². The molecule has 0 unspecified atom stereocenters. The lowest BCUT2D eigenvalue weighted by Crippen LogP contribution is -2.37. The summed E-state index contributed by atoms with van der Waals surface area (Å²) in [6.45, 7) is 1.67. The monoisotopic (exact) mass is 185 g/mol. The second-order valence-corrected chi connectivity index (χ2v) is 3.01. The predicted octanol–water partition coefficient (Wildman–Crippen LogP) is 0.377. The molecule has 74 valence electrons. The number of anilines is 1. The fourth-order valence-corrected chi connectivity index (χ4v) is 1.09. The molecule has 4 heteroatoms. The van der Waals surface area contributed by atoms with Crippen LogP contribution in [0.3, 0.4) is 0 Å². The van der Waals surface area contributed by atoms with Crippen LogP contribution in [0, 0.1) is 6.92 Å². The molecule has 1 aromatic heterocycles. The number of furan rings is 1. The number of aliphatic hydroxyl groups is 2. The van der Waals surface area contributed by atoms with Crippen molar-refractivity contribution in [3.8, 4) is 0 Å². The molecule has 2 N–H and O–H groups in total. The summed E-state index contributed by atoms with van der Waals surface area (Å²) in [5.41, 5.74) is 0. The van der Waals surface area contributed by atoms with E-state index in [2.05, 4.69) is 0 Å². The summed E-state index contributed by atoms with van der Waals surface area (Å²) in [5.74, 6) is 1.47. The normalized spacial score (nSPS) is 10.8. The van der Waals surface area contributed by atoms with Crippen LogP contribution in [0.5, 0.6) is 0 Å². The second kappa shape index (κ2) is 4.30. The van der Waals surface area contributed by atoms with Crippen LogP contribution in [-0.4, -0.2) is 36.5 Å². The number of rotatable bonds is 4. The van der Waals surface area contributed by atoms with Gasteiger partial charge in [0.15, 0.2) is 5.88 Å². The summed E-state index contributed by atoms with van der Waals surface area (Å²) < 4.78 is 5.33. The molecular weight excluding hydrogens is 170 g/mol. The Bertz CT molecular complexity index is 255. The Hall–Kier alpha value is -1.00. The van der Waals surface area contributed by atoms with Crippen LogP contribution in [-0.2, 0) is 0 Å². The third-order valence-corrected chi connectivity index (χ3v) is 2.04. The van der Waals surface area contributed by atoms with E-state index in [0.29, 0.717) is 5.88 Å². The van der Waals surface area contributed by atoms with Gasteiger partial charge in [0, 0.05) is 13.1 Å². The highest BCUT2D eigenvalue weighted by atomic mass is 16.4. The van der Waals surface area contributed by atoms with Crippen molar-refractivity contribution in [2.45, 2.75) is 13.0 Å². The molecule has 0 aliphatic heterocycles. The first-order valence-electron chi connectivity index (χ1n) is 4.20. The van der Waals surface area contributed by atoms with Crippen LogP contribution in [0.2, 0.25) is 0 Å². The lowest BCUT2D eigenvalue weighted by molar-refractivity contribution is 0.188. The zero-order chi connectivity index (χ0) is 9.84. The average molecular weight is 185 g/mol. The zero-order valence-electron chi connectivity index (χ0n) is 7.90. The molecule has 1 rings (SSSR count). The summed E-state index contributed by atoms with van der Waals surface area (Å²) in [6.07, 6.45) is 0. The number of aliphatic hydroxyl groups excluding tert-OH is 2. The van der Waals surface area contributed by atoms with Gasteiger partial charge >= 0.3 is 0 Å². The highest BCUT2D eigenvalue weighted by Gasteiger charge is 2.15. The van der Waals surface area contributed by atoms with Crippen molar-refractivity contribution >= 4 is 5.88 Å². The quantitative estimate of drug-likeness (QED) is 0.712. The molecule has 0 aliphatic rings. The molecule has 1 aromatic rings. The molecule has 0 bridgehead atoms. The standard InChI is InChI=1S/C9H15NO3/c1-7-3-4-9(13-7)10(2)8(5-11)6-12/h3-4,8,11-12H,5-6H2,1-2H3. The van der Waals surface area contributed by atoms with E-state index < -0.39 is 0 Å². The first kappa shape index (κ1) is 10.1. The third kappa shape index (κ3) is 2.23. The van der Waals surface area contributed by atoms with Crippen molar-refractivity contribution in [3.63, 3.8) is 0 Å². The number of aryl methyl sites for hydroxylation is 1. The van der Waals surface area contributed by atoms with Gasteiger partial charge in [0.05, 0.1) is 19.3 Å². The van der Waals surface area contributed by atoms with Crippen molar-refractivity contribution in [3.05, 3.63) is 17.9 Å². The fourth-order valence-electron chi connectivity index (χ4n) is 1.09. The Morgan fingerprint density at radius 1 is 1.38 bits per heavy atom. The third-order valence-electron chi connectivity index (χ3n) is 2.04. The maximum atomic E-state index is 8.92. The van der Waals surface area contributed by atoms with Crippen LogP contribution in [0.4, 0.5) is 5.88 Å². The Morgan fingerprint density at radius 3 is 2.38 bits per heavy atom. The molecule has 0 saturated carbocycles. The number of hydrogen-bond donors (Lipinski definition) is 2. The molecular formula is C9H15NO3.